The van der Waals surface area contributed by atoms with E-state index in [0.717, 1.165) is 38.3 Å². The van der Waals surface area contributed by atoms with E-state index in [9.17, 15) is 18.8 Å². The Morgan fingerprint density at radius 1 is 0.766 bits per heavy atom. The molecule has 21 nitrogen and oxygen atoms in total. The van der Waals surface area contributed by atoms with Crippen LogP contribution in [0, 0.1) is 0 Å². The van der Waals surface area contributed by atoms with Crippen LogP contribution in [0.4, 0.5) is 20.4 Å². The Balaban J connectivity index is 1.02. The number of aromatic nitrogens is 8. The van der Waals surface area contributed by atoms with Crippen LogP contribution in [-0.2, 0) is 46.4 Å². The van der Waals surface area contributed by atoms with Crippen LogP contribution in [0.25, 0.3) is 22.3 Å². The SMILES string of the molecule is CCCCCCCCCCCCCCCC(=O)OCSP1(=O)OC[C@H]2O[C@@H](n3cnc4c(N)ncnc43)[C@H](F)[C@@H]2OCP(=O)(O)OCC2O[C@@H](n3cnc4c(N)ncnc43)[C@H](F)[C@@H]2O1. The predicted octanol–water partition coefficient (Wildman–Crippen LogP) is 7.09. The van der Waals surface area contributed by atoms with Crippen molar-refractivity contribution in [2.24, 2.45) is 0 Å². The highest BCUT2D eigenvalue weighted by Gasteiger charge is 2.54. The Morgan fingerprint density at radius 2 is 1.27 bits per heavy atom. The number of anilines is 2. The summed E-state index contributed by atoms with van der Waals surface area (Å²) in [4.78, 5) is 48.0. The fraction of sp³-hybridized carbons (Fsp3) is 0.711. The van der Waals surface area contributed by atoms with Crippen LogP contribution in [0.15, 0.2) is 25.3 Å². The van der Waals surface area contributed by atoms with Gasteiger partial charge in [-0.3, -0.25) is 27.5 Å². The highest BCUT2D eigenvalue weighted by atomic mass is 32.7. The summed E-state index contributed by atoms with van der Waals surface area (Å²) in [6.45, 7) is -3.91. The van der Waals surface area contributed by atoms with Crippen molar-refractivity contribution in [3.8, 4) is 0 Å². The Bertz CT molecular complexity index is 2270. The van der Waals surface area contributed by atoms with Gasteiger partial charge in [-0.05, 0) is 6.42 Å². The van der Waals surface area contributed by atoms with Gasteiger partial charge in [-0.25, -0.2) is 43.2 Å². The van der Waals surface area contributed by atoms with Gasteiger partial charge in [-0.1, -0.05) is 84.0 Å². The standard InChI is InChI=1S/C38H56F2N10O11P2S/c1-2-3-4-5-6-7-8-9-10-11-12-13-14-15-26(51)56-23-64-63(54)58-17-24-31(27(39)37(59-24)49-20-47-29-33(41)43-18-45-35(29)49)55-22-62(52,53)57-16-25-32(61-63)28(40)38(60-25)50-21-48-30-34(42)44-19-46-36(30)50/h18-21,24-25,27-28,31-32,37-38H,2-17,22-23H2,1H3,(H,52,53)(H2,41,43,45)(H2,42,44,46)/t24-,25?,27-,28-,31-,32-,37-,38-,63?/m1/s1. The van der Waals surface area contributed by atoms with Crippen molar-refractivity contribution in [1.29, 1.82) is 0 Å². The van der Waals surface area contributed by atoms with Crippen molar-refractivity contribution in [2.45, 2.75) is 146 Å². The van der Waals surface area contributed by atoms with E-state index in [4.69, 9.17) is 44.0 Å². The molecule has 10 atom stereocenters. The molecule has 26 heteroatoms. The molecular weight excluding hydrogens is 904 g/mol. The van der Waals surface area contributed by atoms with E-state index in [1.807, 2.05) is 0 Å². The van der Waals surface area contributed by atoms with Gasteiger partial charge in [0.2, 0.25) is 0 Å². The number of fused-ring (bicyclic) bond motifs is 4. The number of esters is 1. The lowest BCUT2D eigenvalue weighted by molar-refractivity contribution is -0.141. The first-order valence-electron chi connectivity index (χ1n) is 21.6. The second kappa shape index (κ2) is 22.4. The van der Waals surface area contributed by atoms with Gasteiger partial charge in [-0.2, -0.15) is 0 Å². The maximum absolute atomic E-state index is 16.7. The summed E-state index contributed by atoms with van der Waals surface area (Å²) in [5, 5.41) is 0. The van der Waals surface area contributed by atoms with Crippen molar-refractivity contribution < 1.29 is 60.1 Å². The van der Waals surface area contributed by atoms with Gasteiger partial charge < -0.3 is 39.8 Å². The molecule has 354 valence electrons. The largest absolute Gasteiger partial charge is 0.454 e. The first kappa shape index (κ1) is 48.5. The lowest BCUT2D eigenvalue weighted by Gasteiger charge is -2.26. The molecule has 3 aliphatic rings. The van der Waals surface area contributed by atoms with Gasteiger partial charge in [-0.15, -0.1) is 0 Å². The number of hydrogen-bond donors (Lipinski definition) is 3. The smallest absolute Gasteiger partial charge is 0.392 e. The van der Waals surface area contributed by atoms with Gasteiger partial charge in [0.1, 0.15) is 60.4 Å². The minimum absolute atomic E-state index is 0.0160. The van der Waals surface area contributed by atoms with E-state index < -0.39 is 95.1 Å². The van der Waals surface area contributed by atoms with Crippen LogP contribution in [0.5, 0.6) is 0 Å². The third-order valence-electron chi connectivity index (χ3n) is 11.3. The van der Waals surface area contributed by atoms with Crippen molar-refractivity contribution in [1.82, 2.24) is 39.0 Å². The normalized spacial score (nSPS) is 30.1. The Labute approximate surface area is 372 Å². The third-order valence-corrected chi connectivity index (χ3v) is 15.7. The molecule has 0 aliphatic carbocycles. The van der Waals surface area contributed by atoms with Crippen LogP contribution in [-0.4, -0.2) is 112 Å². The third kappa shape index (κ3) is 11.9. The number of rotatable bonds is 19. The molecule has 3 unspecified atom stereocenters. The summed E-state index contributed by atoms with van der Waals surface area (Å²) < 4.78 is 104. The summed E-state index contributed by atoms with van der Waals surface area (Å²) in [6.07, 6.45) is 5.15. The number of imidazole rings is 2. The molecule has 7 heterocycles. The van der Waals surface area contributed by atoms with E-state index >= 15 is 8.78 Å². The summed E-state index contributed by atoms with van der Waals surface area (Å²) in [7, 11) is -4.72. The van der Waals surface area contributed by atoms with Gasteiger partial charge in [0.15, 0.2) is 47.7 Å². The highest BCUT2D eigenvalue weighted by Crippen LogP contribution is 2.63. The van der Waals surface area contributed by atoms with Crippen molar-refractivity contribution in [2.75, 3.05) is 37.0 Å². The maximum atomic E-state index is 16.7. The van der Waals surface area contributed by atoms with E-state index in [0.29, 0.717) is 17.8 Å². The van der Waals surface area contributed by atoms with Crippen LogP contribution in [0.1, 0.15) is 109 Å². The average molecular weight is 961 g/mol. The summed E-state index contributed by atoms with van der Waals surface area (Å²) in [5.41, 5.74) is 12.4. The Kier molecular flexibility index (Phi) is 16.9. The zero-order valence-corrected chi connectivity index (χ0v) is 38.1. The van der Waals surface area contributed by atoms with Gasteiger partial charge in [0.25, 0.3) is 0 Å². The molecule has 0 aromatic carbocycles. The highest BCUT2D eigenvalue weighted by molar-refractivity contribution is 8.55. The number of carbonyl (C=O) groups excluding carboxylic acids is 1. The van der Waals surface area contributed by atoms with Gasteiger partial charge in [0.05, 0.1) is 25.9 Å². The van der Waals surface area contributed by atoms with Gasteiger partial charge in [0, 0.05) is 17.8 Å². The molecule has 3 fully saturated rings. The number of carbonyl (C=O) groups is 1. The fourth-order valence-corrected chi connectivity index (χ4v) is 11.5. The Hall–Kier alpha value is -3.44. The van der Waals surface area contributed by atoms with E-state index in [1.54, 1.807) is 0 Å². The molecule has 0 bridgehead atoms. The molecule has 0 amide bonds. The number of hydrogen-bond acceptors (Lipinski definition) is 19. The molecular formula is C38H56F2N10O11P2S. The maximum Gasteiger partial charge on any atom is 0.392 e. The molecule has 3 saturated heterocycles. The summed E-state index contributed by atoms with van der Waals surface area (Å²) in [5.74, 6) is -1.03. The van der Waals surface area contributed by atoms with Crippen LogP contribution in [0.2, 0.25) is 0 Å². The summed E-state index contributed by atoms with van der Waals surface area (Å²) in [6, 6.07) is 0. The molecule has 7 rings (SSSR count). The molecule has 3 aliphatic heterocycles. The number of halogens is 2. The topological polar surface area (TPSA) is 275 Å². The number of ether oxygens (including phenoxy) is 4. The second-order valence-electron chi connectivity index (χ2n) is 15.9. The van der Waals surface area contributed by atoms with Crippen LogP contribution in [0.3, 0.4) is 0 Å². The number of nitrogen functional groups attached to an aromatic ring is 2. The summed E-state index contributed by atoms with van der Waals surface area (Å²) >= 11 is 0.445. The molecule has 0 spiro atoms. The quantitative estimate of drug-likeness (QED) is 0.0366. The van der Waals surface area contributed by atoms with Crippen molar-refractivity contribution >= 4 is 65.7 Å². The predicted molar refractivity (Wildman–Crippen MR) is 230 cm³/mol. The molecule has 0 saturated carbocycles. The average Bonchev–Trinajstić information content (AvgIpc) is 4.04. The van der Waals surface area contributed by atoms with Crippen LogP contribution >= 0.6 is 25.8 Å². The first-order chi connectivity index (χ1) is 30.9. The monoisotopic (exact) mass is 960 g/mol. The molecule has 4 aromatic heterocycles. The number of nitrogens with two attached hydrogens (primary N) is 2. The lowest BCUT2D eigenvalue weighted by atomic mass is 10.0. The minimum Gasteiger partial charge on any atom is -0.454 e. The zero-order chi connectivity index (χ0) is 45.3. The van der Waals surface area contributed by atoms with Gasteiger partial charge >= 0.3 is 20.4 Å². The number of alkyl halides is 2. The zero-order valence-electron chi connectivity index (χ0n) is 35.5. The van der Waals surface area contributed by atoms with Crippen molar-refractivity contribution in [3.05, 3.63) is 25.3 Å². The Morgan fingerprint density at radius 3 is 1.83 bits per heavy atom. The van der Waals surface area contributed by atoms with E-state index in [1.165, 1.54) is 73.2 Å². The van der Waals surface area contributed by atoms with Crippen LogP contribution < -0.4 is 11.5 Å². The van der Waals surface area contributed by atoms with E-state index in [2.05, 4.69) is 36.8 Å². The minimum atomic E-state index is -4.72. The first-order valence-corrected chi connectivity index (χ1v) is 26.5. The molecule has 4 aromatic rings. The second-order valence-corrected chi connectivity index (χ2v) is 21.7. The van der Waals surface area contributed by atoms with E-state index in [-0.39, 0.29) is 40.4 Å². The molecule has 0 radical (unpaired) electrons. The molecule has 64 heavy (non-hydrogen) atoms. The lowest BCUT2D eigenvalue weighted by Crippen LogP contribution is -2.35. The molecule has 5 N–H and O–H groups in total. The number of unbranched alkanes of at least 4 members (excludes halogenated alkanes) is 12. The number of nitrogens with zero attached hydrogens (tertiary/aromatic N) is 8. The fourth-order valence-electron chi connectivity index (χ4n) is 7.88. The van der Waals surface area contributed by atoms with Crippen molar-refractivity contribution in [3.63, 3.8) is 0 Å².